The fraction of sp³-hybridized carbons (Fsp3) is 0.909. The van der Waals surface area contributed by atoms with Crippen molar-refractivity contribution in [2.24, 2.45) is 0 Å². The molecule has 5 nitrogen and oxygen atoms in total. The van der Waals surface area contributed by atoms with Crippen molar-refractivity contribution in [3.8, 4) is 0 Å². The lowest BCUT2D eigenvalue weighted by molar-refractivity contribution is -0.825. The van der Waals surface area contributed by atoms with Gasteiger partial charge in [0.2, 0.25) is 5.66 Å². The molecular formula is C11H20N3O2+. The number of piperazine rings is 1. The second kappa shape index (κ2) is 3.34. The molecule has 2 atom stereocenters. The predicted octanol–water partition coefficient (Wildman–Crippen LogP) is -0.0215. The van der Waals surface area contributed by atoms with Crippen LogP contribution in [0, 0.1) is 0 Å². The highest BCUT2D eigenvalue weighted by Gasteiger charge is 2.79. The SMILES string of the molecule is CNC(=O)OCCC[N@+]12CCN3CCC31C2. The molecule has 5 heteroatoms. The molecule has 3 fully saturated rings. The molecule has 0 aromatic heterocycles. The predicted molar refractivity (Wildman–Crippen MR) is 58.8 cm³/mol. The van der Waals surface area contributed by atoms with Crippen molar-refractivity contribution in [1.29, 1.82) is 0 Å². The Kier molecular flexibility index (Phi) is 2.16. The summed E-state index contributed by atoms with van der Waals surface area (Å²) in [6.45, 7) is 6.95. The molecule has 16 heavy (non-hydrogen) atoms. The Balaban J connectivity index is 1.42. The highest BCUT2D eigenvalue weighted by Crippen LogP contribution is 2.57. The molecule has 3 rings (SSSR count). The molecule has 3 aliphatic heterocycles. The Morgan fingerprint density at radius 1 is 1.56 bits per heavy atom. The molecule has 0 aromatic rings. The number of quaternary nitrogens is 1. The van der Waals surface area contributed by atoms with Gasteiger partial charge in [0.05, 0.1) is 26.2 Å². The summed E-state index contributed by atoms with van der Waals surface area (Å²) in [6.07, 6.45) is 2.05. The minimum atomic E-state index is -0.313. The maximum atomic E-state index is 10.9. The number of carbonyl (C=O) groups is 1. The molecule has 1 spiro atoms. The number of amides is 1. The van der Waals surface area contributed by atoms with E-state index < -0.39 is 0 Å². The monoisotopic (exact) mass is 226 g/mol. The van der Waals surface area contributed by atoms with Crippen LogP contribution >= 0.6 is 0 Å². The molecule has 90 valence electrons. The summed E-state index contributed by atoms with van der Waals surface area (Å²) in [7, 11) is 1.59. The average molecular weight is 226 g/mol. The second-order valence-electron chi connectivity index (χ2n) is 5.21. The van der Waals surface area contributed by atoms with Crippen molar-refractivity contribution in [3.05, 3.63) is 0 Å². The first-order chi connectivity index (χ1) is 7.72. The van der Waals surface area contributed by atoms with E-state index in [2.05, 4.69) is 10.2 Å². The summed E-state index contributed by atoms with van der Waals surface area (Å²) < 4.78 is 6.30. The number of alkyl carbamates (subject to hydrolysis) is 1. The van der Waals surface area contributed by atoms with E-state index in [9.17, 15) is 4.79 Å². The van der Waals surface area contributed by atoms with Crippen molar-refractivity contribution in [2.75, 3.05) is 46.4 Å². The zero-order chi connectivity index (χ0) is 11.2. The Labute approximate surface area is 95.9 Å². The number of carbonyl (C=O) groups excluding carboxylic acids is 1. The van der Waals surface area contributed by atoms with E-state index in [1.807, 2.05) is 0 Å². The van der Waals surface area contributed by atoms with Gasteiger partial charge in [-0.2, -0.15) is 0 Å². The van der Waals surface area contributed by atoms with E-state index >= 15 is 0 Å². The van der Waals surface area contributed by atoms with Crippen LogP contribution < -0.4 is 5.32 Å². The van der Waals surface area contributed by atoms with Crippen molar-refractivity contribution >= 4 is 6.09 Å². The third kappa shape index (κ3) is 1.21. The highest BCUT2D eigenvalue weighted by molar-refractivity contribution is 5.66. The van der Waals surface area contributed by atoms with E-state index in [0.717, 1.165) is 6.42 Å². The molecule has 3 aliphatic rings. The second-order valence-corrected chi connectivity index (χ2v) is 5.21. The molecular weight excluding hydrogens is 206 g/mol. The Morgan fingerprint density at radius 2 is 2.44 bits per heavy atom. The van der Waals surface area contributed by atoms with E-state index in [1.54, 1.807) is 7.05 Å². The lowest BCUT2D eigenvalue weighted by Crippen LogP contribution is -2.51. The number of hydrogen-bond donors (Lipinski definition) is 1. The molecule has 0 aromatic carbocycles. The lowest BCUT2D eigenvalue weighted by atomic mass is 10.1. The smallest absolute Gasteiger partial charge is 0.406 e. The minimum absolute atomic E-state index is 0.313. The van der Waals surface area contributed by atoms with Gasteiger partial charge >= 0.3 is 6.09 Å². The molecule has 1 N–H and O–H groups in total. The van der Waals surface area contributed by atoms with Gasteiger partial charge in [-0.05, 0) is 0 Å². The van der Waals surface area contributed by atoms with Crippen LogP contribution in [0.1, 0.15) is 12.8 Å². The van der Waals surface area contributed by atoms with Crippen LogP contribution in [0.3, 0.4) is 0 Å². The molecule has 0 bridgehead atoms. The zero-order valence-corrected chi connectivity index (χ0v) is 9.87. The Morgan fingerprint density at radius 3 is 3.00 bits per heavy atom. The third-order valence-corrected chi connectivity index (χ3v) is 4.67. The standard InChI is InChI=1S/C11H19N3O2/c1-12-10(15)16-8-2-6-14-7-5-13-4-3-11(13,14)9-14/h2-9H2,1H3/p+1/t11?,14-/m1/s1. The fourth-order valence-electron chi connectivity index (χ4n) is 3.62. The molecule has 1 unspecified atom stereocenters. The first kappa shape index (κ1) is 10.4. The van der Waals surface area contributed by atoms with Gasteiger partial charge in [-0.1, -0.05) is 0 Å². The van der Waals surface area contributed by atoms with Gasteiger partial charge in [-0.15, -0.1) is 0 Å². The summed E-state index contributed by atoms with van der Waals surface area (Å²) in [4.78, 5) is 13.5. The summed E-state index contributed by atoms with van der Waals surface area (Å²) in [5.74, 6) is 0. The van der Waals surface area contributed by atoms with Crippen LogP contribution in [0.4, 0.5) is 4.79 Å². The number of rotatable bonds is 4. The Hall–Kier alpha value is -0.810. The van der Waals surface area contributed by atoms with Crippen molar-refractivity contribution in [1.82, 2.24) is 10.2 Å². The van der Waals surface area contributed by atoms with Gasteiger partial charge in [0, 0.05) is 26.4 Å². The Bertz CT molecular complexity index is 318. The van der Waals surface area contributed by atoms with Crippen LogP contribution in [0.25, 0.3) is 0 Å². The molecule has 3 heterocycles. The van der Waals surface area contributed by atoms with Gasteiger partial charge in [0.25, 0.3) is 0 Å². The van der Waals surface area contributed by atoms with E-state index in [1.165, 1.54) is 43.6 Å². The fourth-order valence-corrected chi connectivity index (χ4v) is 3.62. The third-order valence-electron chi connectivity index (χ3n) is 4.67. The number of nitrogens with one attached hydrogen (secondary N) is 1. The van der Waals surface area contributed by atoms with Crippen molar-refractivity contribution in [3.63, 3.8) is 0 Å². The van der Waals surface area contributed by atoms with Crippen molar-refractivity contribution in [2.45, 2.75) is 18.5 Å². The minimum Gasteiger partial charge on any atom is -0.449 e. The summed E-state index contributed by atoms with van der Waals surface area (Å²) in [5, 5.41) is 2.46. The van der Waals surface area contributed by atoms with Gasteiger partial charge in [-0.3, -0.25) is 4.48 Å². The van der Waals surface area contributed by atoms with E-state index in [-0.39, 0.29) is 6.09 Å². The number of nitrogens with zero attached hydrogens (tertiary/aromatic N) is 2. The lowest BCUT2D eigenvalue weighted by Gasteiger charge is -2.33. The number of hydrogen-bond acceptors (Lipinski definition) is 3. The largest absolute Gasteiger partial charge is 0.449 e. The van der Waals surface area contributed by atoms with Gasteiger partial charge in [0.15, 0.2) is 6.54 Å². The molecule has 0 aliphatic carbocycles. The van der Waals surface area contributed by atoms with Crippen molar-refractivity contribution < 1.29 is 14.0 Å². The average Bonchev–Trinajstić information content (AvgIpc) is 2.90. The summed E-state index contributed by atoms with van der Waals surface area (Å²) in [6, 6.07) is 0. The van der Waals surface area contributed by atoms with Crippen LogP contribution in [-0.4, -0.2) is 67.5 Å². The van der Waals surface area contributed by atoms with Crippen LogP contribution in [0.5, 0.6) is 0 Å². The normalized spacial score (nSPS) is 39.6. The van der Waals surface area contributed by atoms with Crippen LogP contribution in [0.2, 0.25) is 0 Å². The van der Waals surface area contributed by atoms with E-state index in [0.29, 0.717) is 12.3 Å². The molecule has 3 saturated heterocycles. The summed E-state index contributed by atoms with van der Waals surface area (Å²) >= 11 is 0. The molecule has 0 saturated carbocycles. The van der Waals surface area contributed by atoms with Gasteiger partial charge in [-0.25, -0.2) is 9.69 Å². The topological polar surface area (TPSA) is 41.6 Å². The van der Waals surface area contributed by atoms with Crippen LogP contribution in [-0.2, 0) is 4.74 Å². The first-order valence-corrected chi connectivity index (χ1v) is 6.18. The molecule has 0 radical (unpaired) electrons. The van der Waals surface area contributed by atoms with Gasteiger partial charge < -0.3 is 10.1 Å². The van der Waals surface area contributed by atoms with Gasteiger partial charge in [0.1, 0.15) is 0 Å². The van der Waals surface area contributed by atoms with E-state index in [4.69, 9.17) is 4.74 Å². The maximum absolute atomic E-state index is 10.9. The summed E-state index contributed by atoms with van der Waals surface area (Å²) in [5.41, 5.74) is 0.549. The quantitative estimate of drug-likeness (QED) is 0.416. The van der Waals surface area contributed by atoms with Crippen LogP contribution in [0.15, 0.2) is 0 Å². The highest BCUT2D eigenvalue weighted by atomic mass is 16.5. The maximum Gasteiger partial charge on any atom is 0.406 e. The number of ether oxygens (including phenoxy) is 1. The molecule has 1 amide bonds. The first-order valence-electron chi connectivity index (χ1n) is 6.18. The zero-order valence-electron chi connectivity index (χ0n) is 9.87.